The molecule has 1 fully saturated rings. The molecule has 1 saturated carbocycles. The largest absolute Gasteiger partial charge is 0.480 e. The molecule has 0 aromatic carbocycles. The van der Waals surface area contributed by atoms with Crippen LogP contribution in [0.5, 0.6) is 0 Å². The number of rotatable bonds is 4. The van der Waals surface area contributed by atoms with E-state index in [1.807, 2.05) is 13.8 Å². The van der Waals surface area contributed by atoms with Crippen molar-refractivity contribution in [3.05, 3.63) is 17.0 Å². The van der Waals surface area contributed by atoms with E-state index in [0.717, 1.165) is 17.5 Å². The van der Waals surface area contributed by atoms with Gasteiger partial charge in [0.2, 0.25) is 0 Å². The minimum absolute atomic E-state index is 0.207. The number of hydrogen-bond donors (Lipinski definition) is 1. The second-order valence-electron chi connectivity index (χ2n) is 6.55. The Labute approximate surface area is 127 Å². The third-order valence-electron chi connectivity index (χ3n) is 4.59. The first-order valence-corrected chi connectivity index (χ1v) is 7.46. The fourth-order valence-corrected chi connectivity index (χ4v) is 3.58. The maximum atomic E-state index is 13.4. The molecule has 0 saturated heterocycles. The molecule has 1 heterocycles. The molecule has 0 amide bonds. The first kappa shape index (κ1) is 16.8. The van der Waals surface area contributed by atoms with Crippen LogP contribution in [0.1, 0.15) is 62.9 Å². The molecule has 0 bridgehead atoms. The number of carbonyl (C=O) groups is 1. The Hall–Kier alpha value is -1.53. The van der Waals surface area contributed by atoms with Gasteiger partial charge >= 0.3 is 12.1 Å². The molecule has 1 aliphatic carbocycles. The molecule has 1 atom stereocenters. The summed E-state index contributed by atoms with van der Waals surface area (Å²) in [6.45, 7) is 5.14. The maximum absolute atomic E-state index is 13.4. The Morgan fingerprint density at radius 1 is 1.45 bits per heavy atom. The summed E-state index contributed by atoms with van der Waals surface area (Å²) in [6.07, 6.45) is -1.81. The smallest absolute Gasteiger partial charge is 0.435 e. The topological polar surface area (TPSA) is 55.1 Å². The van der Waals surface area contributed by atoms with Gasteiger partial charge in [-0.3, -0.25) is 9.48 Å². The van der Waals surface area contributed by atoms with Gasteiger partial charge in [-0.25, -0.2) is 0 Å². The first-order valence-electron chi connectivity index (χ1n) is 7.46. The number of carboxylic acids is 1. The van der Waals surface area contributed by atoms with E-state index in [0.29, 0.717) is 18.5 Å². The van der Waals surface area contributed by atoms with Gasteiger partial charge in [-0.15, -0.1) is 0 Å². The Kier molecular flexibility index (Phi) is 4.28. The normalized spacial score (nSPS) is 21.3. The fourth-order valence-electron chi connectivity index (χ4n) is 3.58. The van der Waals surface area contributed by atoms with E-state index in [4.69, 9.17) is 5.11 Å². The van der Waals surface area contributed by atoms with Gasteiger partial charge in [0.25, 0.3) is 0 Å². The lowest BCUT2D eigenvalue weighted by atomic mass is 9.76. The summed E-state index contributed by atoms with van der Waals surface area (Å²) in [6, 6.07) is 0. The lowest BCUT2D eigenvalue weighted by molar-refractivity contribution is -0.143. The monoisotopic (exact) mass is 318 g/mol. The highest BCUT2D eigenvalue weighted by Crippen LogP contribution is 2.52. The molecular formula is C15H21F3N2O2. The van der Waals surface area contributed by atoms with Crippen LogP contribution in [0.25, 0.3) is 0 Å². The first-order chi connectivity index (χ1) is 10.1. The second kappa shape index (κ2) is 5.59. The number of aliphatic carboxylic acids is 1. The van der Waals surface area contributed by atoms with Gasteiger partial charge < -0.3 is 5.11 Å². The van der Waals surface area contributed by atoms with Crippen LogP contribution >= 0.6 is 0 Å². The van der Waals surface area contributed by atoms with E-state index >= 15 is 0 Å². The summed E-state index contributed by atoms with van der Waals surface area (Å²) in [5.41, 5.74) is -0.542. The number of halogens is 3. The number of nitrogens with zero attached hydrogens (tertiary/aromatic N) is 2. The van der Waals surface area contributed by atoms with Crippen LogP contribution in [0.4, 0.5) is 13.2 Å². The molecule has 7 heteroatoms. The zero-order valence-corrected chi connectivity index (χ0v) is 13.0. The quantitative estimate of drug-likeness (QED) is 0.917. The van der Waals surface area contributed by atoms with Crippen molar-refractivity contribution in [2.75, 3.05) is 0 Å². The standard InChI is InChI=1S/C15H21F3N2O2/c1-4-10-12(9-6-5-7-14(9,2)3)13(15(16,17)18)19-20(10)8-11(21)22/h9H,4-8H2,1-3H3,(H,21,22). The van der Waals surface area contributed by atoms with Crippen molar-refractivity contribution < 1.29 is 23.1 Å². The Balaban J connectivity index is 2.63. The highest BCUT2D eigenvalue weighted by Gasteiger charge is 2.46. The summed E-state index contributed by atoms with van der Waals surface area (Å²) < 4.78 is 41.2. The number of hydrogen-bond acceptors (Lipinski definition) is 2. The number of aromatic nitrogens is 2. The molecule has 1 aliphatic rings. The summed E-state index contributed by atoms with van der Waals surface area (Å²) in [5, 5.41) is 12.5. The molecule has 22 heavy (non-hydrogen) atoms. The third kappa shape index (κ3) is 2.98. The van der Waals surface area contributed by atoms with Gasteiger partial charge in [-0.05, 0) is 30.6 Å². The van der Waals surface area contributed by atoms with Gasteiger partial charge in [0, 0.05) is 11.3 Å². The van der Waals surface area contributed by atoms with Crippen LogP contribution in [0.15, 0.2) is 0 Å². The molecule has 2 rings (SSSR count). The van der Waals surface area contributed by atoms with Crippen LogP contribution in [-0.2, 0) is 23.9 Å². The summed E-state index contributed by atoms with van der Waals surface area (Å²) in [4.78, 5) is 10.9. The van der Waals surface area contributed by atoms with Crippen LogP contribution in [0.2, 0.25) is 0 Å². The predicted octanol–water partition coefficient (Wildman–Crippen LogP) is 3.84. The van der Waals surface area contributed by atoms with Crippen molar-refractivity contribution in [2.24, 2.45) is 5.41 Å². The predicted molar refractivity (Wildman–Crippen MR) is 74.6 cm³/mol. The summed E-state index contributed by atoms with van der Waals surface area (Å²) in [7, 11) is 0. The minimum Gasteiger partial charge on any atom is -0.480 e. The molecule has 0 radical (unpaired) electrons. The third-order valence-corrected chi connectivity index (χ3v) is 4.59. The van der Waals surface area contributed by atoms with E-state index < -0.39 is 24.4 Å². The highest BCUT2D eigenvalue weighted by molar-refractivity contribution is 5.66. The van der Waals surface area contributed by atoms with E-state index in [1.165, 1.54) is 0 Å². The fraction of sp³-hybridized carbons (Fsp3) is 0.733. The van der Waals surface area contributed by atoms with Crippen molar-refractivity contribution in [1.82, 2.24) is 9.78 Å². The average Bonchev–Trinajstić information content (AvgIpc) is 2.87. The molecule has 1 aromatic heterocycles. The highest BCUT2D eigenvalue weighted by atomic mass is 19.4. The van der Waals surface area contributed by atoms with Crippen LogP contribution in [0.3, 0.4) is 0 Å². The summed E-state index contributed by atoms with van der Waals surface area (Å²) >= 11 is 0. The van der Waals surface area contributed by atoms with Crippen molar-refractivity contribution in [3.8, 4) is 0 Å². The SMILES string of the molecule is CCc1c(C2CCCC2(C)C)c(C(F)(F)F)nn1CC(=O)O. The van der Waals surface area contributed by atoms with Crippen molar-refractivity contribution in [2.45, 2.75) is 65.1 Å². The Bertz CT molecular complexity index is 576. The molecule has 1 aromatic rings. The Morgan fingerprint density at radius 2 is 2.09 bits per heavy atom. The van der Waals surface area contributed by atoms with Crippen molar-refractivity contribution in [1.29, 1.82) is 0 Å². The molecular weight excluding hydrogens is 297 g/mol. The van der Waals surface area contributed by atoms with E-state index in [1.54, 1.807) is 6.92 Å². The Morgan fingerprint density at radius 3 is 2.50 bits per heavy atom. The van der Waals surface area contributed by atoms with E-state index in [-0.39, 0.29) is 16.9 Å². The zero-order chi connectivity index (χ0) is 16.7. The number of alkyl halides is 3. The van der Waals surface area contributed by atoms with Gasteiger partial charge in [0.1, 0.15) is 6.54 Å². The summed E-state index contributed by atoms with van der Waals surface area (Å²) in [5.74, 6) is -1.43. The van der Waals surface area contributed by atoms with Gasteiger partial charge in [0.05, 0.1) is 0 Å². The van der Waals surface area contributed by atoms with Gasteiger partial charge in [-0.2, -0.15) is 18.3 Å². The van der Waals surface area contributed by atoms with Crippen LogP contribution in [0, 0.1) is 5.41 Å². The van der Waals surface area contributed by atoms with Gasteiger partial charge in [0.15, 0.2) is 5.69 Å². The molecule has 0 spiro atoms. The van der Waals surface area contributed by atoms with Crippen LogP contribution < -0.4 is 0 Å². The molecule has 124 valence electrons. The van der Waals surface area contributed by atoms with Crippen molar-refractivity contribution >= 4 is 5.97 Å². The molecule has 1 N–H and O–H groups in total. The van der Waals surface area contributed by atoms with Crippen LogP contribution in [-0.4, -0.2) is 20.9 Å². The lowest BCUT2D eigenvalue weighted by Gasteiger charge is -2.28. The van der Waals surface area contributed by atoms with Crippen molar-refractivity contribution in [3.63, 3.8) is 0 Å². The second-order valence-corrected chi connectivity index (χ2v) is 6.55. The maximum Gasteiger partial charge on any atom is 0.435 e. The molecule has 0 aliphatic heterocycles. The van der Waals surface area contributed by atoms with Gasteiger partial charge in [-0.1, -0.05) is 27.2 Å². The average molecular weight is 318 g/mol. The van der Waals surface area contributed by atoms with E-state index in [2.05, 4.69) is 5.10 Å². The van der Waals surface area contributed by atoms with E-state index in [9.17, 15) is 18.0 Å². The lowest BCUT2D eigenvalue weighted by Crippen LogP contribution is -2.20. The molecule has 1 unspecified atom stereocenters. The number of carboxylic acid groups (broad SMARTS) is 1. The minimum atomic E-state index is -4.57. The molecule has 4 nitrogen and oxygen atoms in total. The zero-order valence-electron chi connectivity index (χ0n) is 13.0.